The number of carboxylic acids is 1. The van der Waals surface area contributed by atoms with Gasteiger partial charge in [-0.05, 0) is 41.5 Å². The van der Waals surface area contributed by atoms with Crippen molar-refractivity contribution in [2.24, 2.45) is 0 Å². The third-order valence-electron chi connectivity index (χ3n) is 3.40. The molecule has 1 aromatic carbocycles. The Labute approximate surface area is 121 Å². The highest BCUT2D eigenvalue weighted by Crippen LogP contribution is 2.22. The number of tetrazole rings is 1. The number of nitrogens with zero attached hydrogens (tertiary/aromatic N) is 4. The lowest BCUT2D eigenvalue weighted by Gasteiger charge is -2.24. The zero-order valence-corrected chi connectivity index (χ0v) is 12.0. The molecule has 1 unspecified atom stereocenters. The molecule has 2 aromatic rings. The van der Waals surface area contributed by atoms with Crippen molar-refractivity contribution in [2.75, 3.05) is 0 Å². The van der Waals surface area contributed by atoms with Crippen LogP contribution in [-0.4, -0.2) is 31.3 Å². The van der Waals surface area contributed by atoms with Crippen LogP contribution in [0.15, 0.2) is 24.3 Å². The van der Waals surface area contributed by atoms with E-state index in [4.69, 9.17) is 11.6 Å². The Morgan fingerprint density at radius 2 is 2.25 bits per heavy atom. The Balaban J connectivity index is 2.36. The zero-order chi connectivity index (χ0) is 14.8. The Kier molecular flexibility index (Phi) is 4.04. The maximum Gasteiger partial charge on any atom is 0.331 e. The van der Waals surface area contributed by atoms with Crippen molar-refractivity contribution in [1.82, 2.24) is 20.2 Å². The van der Waals surface area contributed by atoms with Crippen LogP contribution in [0.1, 0.15) is 31.7 Å². The number of rotatable bonds is 5. The average Bonchev–Trinajstić information content (AvgIpc) is 2.86. The number of hydrogen-bond acceptors (Lipinski definition) is 4. The Morgan fingerprint density at radius 1 is 1.50 bits per heavy atom. The molecule has 0 aliphatic heterocycles. The van der Waals surface area contributed by atoms with E-state index in [1.54, 1.807) is 19.9 Å². The highest BCUT2D eigenvalue weighted by atomic mass is 35.5. The summed E-state index contributed by atoms with van der Waals surface area (Å²) in [5.41, 5.74) is -0.227. The van der Waals surface area contributed by atoms with Gasteiger partial charge < -0.3 is 5.11 Å². The standard InChI is InChI=1S/C13H15ClN4O2/c1-3-13(2,12(19)20)18-11(15-16-17-18)8-9-5-4-6-10(14)7-9/h4-7H,3,8H2,1-2H3,(H,19,20). The fourth-order valence-corrected chi connectivity index (χ4v) is 2.13. The summed E-state index contributed by atoms with van der Waals surface area (Å²) in [5.74, 6) is -0.460. The quantitative estimate of drug-likeness (QED) is 0.913. The minimum atomic E-state index is -1.16. The molecule has 1 N–H and O–H groups in total. The molecule has 0 aliphatic rings. The molecule has 0 amide bonds. The van der Waals surface area contributed by atoms with E-state index in [2.05, 4.69) is 15.5 Å². The van der Waals surface area contributed by atoms with Gasteiger partial charge in [0, 0.05) is 11.4 Å². The van der Waals surface area contributed by atoms with Crippen LogP contribution >= 0.6 is 11.6 Å². The first-order chi connectivity index (χ1) is 9.47. The van der Waals surface area contributed by atoms with E-state index in [0.717, 1.165) is 5.56 Å². The van der Waals surface area contributed by atoms with Crippen molar-refractivity contribution in [3.63, 3.8) is 0 Å². The minimum Gasteiger partial charge on any atom is -0.479 e. The normalized spacial score (nSPS) is 13.9. The third-order valence-corrected chi connectivity index (χ3v) is 3.64. The first kappa shape index (κ1) is 14.5. The molecule has 0 saturated heterocycles. The molecule has 20 heavy (non-hydrogen) atoms. The van der Waals surface area contributed by atoms with Gasteiger partial charge in [0.05, 0.1) is 0 Å². The molecule has 1 heterocycles. The Morgan fingerprint density at radius 3 is 2.85 bits per heavy atom. The van der Waals surface area contributed by atoms with Crippen LogP contribution in [0, 0.1) is 0 Å². The van der Waals surface area contributed by atoms with E-state index < -0.39 is 11.5 Å². The molecule has 1 atom stereocenters. The Bertz CT molecular complexity index is 628. The van der Waals surface area contributed by atoms with Gasteiger partial charge in [0.15, 0.2) is 11.4 Å². The molecular formula is C13H15ClN4O2. The molecule has 6 nitrogen and oxygen atoms in total. The van der Waals surface area contributed by atoms with Gasteiger partial charge in [-0.2, -0.15) is 0 Å². The lowest BCUT2D eigenvalue weighted by atomic mass is 9.99. The number of halogens is 1. The summed E-state index contributed by atoms with van der Waals surface area (Å²) >= 11 is 5.94. The van der Waals surface area contributed by atoms with E-state index in [9.17, 15) is 9.90 Å². The van der Waals surface area contributed by atoms with Gasteiger partial charge in [-0.15, -0.1) is 5.10 Å². The molecule has 0 radical (unpaired) electrons. The van der Waals surface area contributed by atoms with Gasteiger partial charge in [0.25, 0.3) is 0 Å². The predicted molar refractivity (Wildman–Crippen MR) is 73.6 cm³/mol. The fourth-order valence-electron chi connectivity index (χ4n) is 1.92. The summed E-state index contributed by atoms with van der Waals surface area (Å²) < 4.78 is 1.37. The minimum absolute atomic E-state index is 0.385. The molecular weight excluding hydrogens is 280 g/mol. The van der Waals surface area contributed by atoms with Gasteiger partial charge in [-0.1, -0.05) is 30.7 Å². The number of hydrogen-bond donors (Lipinski definition) is 1. The maximum absolute atomic E-state index is 11.5. The molecule has 1 aromatic heterocycles. The summed E-state index contributed by atoms with van der Waals surface area (Å²) in [6.45, 7) is 3.39. The number of carboxylic acid groups (broad SMARTS) is 1. The van der Waals surface area contributed by atoms with Gasteiger partial charge in [0.1, 0.15) is 0 Å². The van der Waals surface area contributed by atoms with Crippen LogP contribution < -0.4 is 0 Å². The largest absolute Gasteiger partial charge is 0.479 e. The second-order valence-electron chi connectivity index (χ2n) is 4.75. The van der Waals surface area contributed by atoms with Crippen LogP contribution in [0.3, 0.4) is 0 Å². The summed E-state index contributed by atoms with van der Waals surface area (Å²) in [7, 11) is 0. The van der Waals surface area contributed by atoms with E-state index in [0.29, 0.717) is 23.7 Å². The number of benzene rings is 1. The second kappa shape index (κ2) is 5.58. The first-order valence-electron chi connectivity index (χ1n) is 6.23. The highest BCUT2D eigenvalue weighted by Gasteiger charge is 2.36. The van der Waals surface area contributed by atoms with Crippen molar-refractivity contribution < 1.29 is 9.90 Å². The molecule has 0 bridgehead atoms. The van der Waals surface area contributed by atoms with E-state index in [1.165, 1.54) is 4.68 Å². The van der Waals surface area contributed by atoms with E-state index in [-0.39, 0.29) is 0 Å². The van der Waals surface area contributed by atoms with Gasteiger partial charge in [-0.3, -0.25) is 0 Å². The Hall–Kier alpha value is -1.95. The van der Waals surface area contributed by atoms with Crippen molar-refractivity contribution in [2.45, 2.75) is 32.2 Å². The van der Waals surface area contributed by atoms with Crippen LogP contribution in [0.2, 0.25) is 5.02 Å². The summed E-state index contributed by atoms with van der Waals surface area (Å²) in [6.07, 6.45) is 0.812. The molecule has 106 valence electrons. The smallest absolute Gasteiger partial charge is 0.331 e. The van der Waals surface area contributed by atoms with E-state index in [1.807, 2.05) is 18.2 Å². The number of aliphatic carboxylic acids is 1. The van der Waals surface area contributed by atoms with Crippen molar-refractivity contribution in [1.29, 1.82) is 0 Å². The van der Waals surface area contributed by atoms with Crippen LogP contribution in [0.5, 0.6) is 0 Å². The topological polar surface area (TPSA) is 80.9 Å². The predicted octanol–water partition coefficient (Wildman–Crippen LogP) is 2.13. The first-order valence-corrected chi connectivity index (χ1v) is 6.60. The van der Waals surface area contributed by atoms with Crippen molar-refractivity contribution in [3.05, 3.63) is 40.7 Å². The van der Waals surface area contributed by atoms with Gasteiger partial charge in [-0.25, -0.2) is 9.48 Å². The summed E-state index contributed by atoms with van der Waals surface area (Å²) in [6, 6.07) is 7.32. The lowest BCUT2D eigenvalue weighted by molar-refractivity contribution is -0.147. The zero-order valence-electron chi connectivity index (χ0n) is 11.2. The monoisotopic (exact) mass is 294 g/mol. The van der Waals surface area contributed by atoms with Gasteiger partial charge in [0.2, 0.25) is 0 Å². The summed E-state index contributed by atoms with van der Waals surface area (Å²) in [4.78, 5) is 11.5. The fraction of sp³-hybridized carbons (Fsp3) is 0.385. The third kappa shape index (κ3) is 2.65. The molecule has 0 aliphatic carbocycles. The molecule has 0 fully saturated rings. The van der Waals surface area contributed by atoms with Gasteiger partial charge >= 0.3 is 5.97 Å². The maximum atomic E-state index is 11.5. The number of carbonyl (C=O) groups is 1. The van der Waals surface area contributed by atoms with E-state index >= 15 is 0 Å². The highest BCUT2D eigenvalue weighted by molar-refractivity contribution is 6.30. The van der Waals surface area contributed by atoms with Crippen LogP contribution in [0.25, 0.3) is 0 Å². The number of aromatic nitrogens is 4. The van der Waals surface area contributed by atoms with Crippen molar-refractivity contribution in [3.8, 4) is 0 Å². The SMILES string of the molecule is CCC(C)(C(=O)O)n1nnnc1Cc1cccc(Cl)c1. The second-order valence-corrected chi connectivity index (χ2v) is 5.18. The van der Waals surface area contributed by atoms with Crippen molar-refractivity contribution >= 4 is 17.6 Å². The molecule has 0 spiro atoms. The molecule has 7 heteroatoms. The average molecular weight is 295 g/mol. The van der Waals surface area contributed by atoms with Crippen LogP contribution in [-0.2, 0) is 16.8 Å². The summed E-state index contributed by atoms with van der Waals surface area (Å²) in [5, 5.41) is 21.4. The molecule has 0 saturated carbocycles. The lowest BCUT2D eigenvalue weighted by Crippen LogP contribution is -2.40. The van der Waals surface area contributed by atoms with Crippen LogP contribution in [0.4, 0.5) is 0 Å². The molecule has 2 rings (SSSR count).